The van der Waals surface area contributed by atoms with E-state index < -0.39 is 0 Å². The molecule has 160 valence electrons. The van der Waals surface area contributed by atoms with E-state index in [0.717, 1.165) is 37.0 Å². The van der Waals surface area contributed by atoms with Gasteiger partial charge in [-0.3, -0.25) is 9.59 Å². The number of hydrogen-bond acceptors (Lipinski definition) is 6. The number of thioether (sulfide) groups is 1. The summed E-state index contributed by atoms with van der Waals surface area (Å²) in [5.41, 5.74) is 2.28. The maximum absolute atomic E-state index is 12.7. The summed E-state index contributed by atoms with van der Waals surface area (Å²) in [6.07, 6.45) is 4.92. The topological polar surface area (TPSA) is 84.4 Å². The van der Waals surface area contributed by atoms with Crippen molar-refractivity contribution in [1.82, 2.24) is 20.2 Å². The average Bonchev–Trinajstić information content (AvgIpc) is 2.98. The van der Waals surface area contributed by atoms with Crippen LogP contribution in [0.25, 0.3) is 11.0 Å². The molecule has 1 N–H and O–H groups in total. The molecular formula is C22H28N4O3S. The summed E-state index contributed by atoms with van der Waals surface area (Å²) in [7, 11) is 1.58. The predicted octanol–water partition coefficient (Wildman–Crippen LogP) is 2.29. The molecule has 0 radical (unpaired) electrons. The first-order valence-electron chi connectivity index (χ1n) is 10.4. The van der Waals surface area contributed by atoms with E-state index in [4.69, 9.17) is 4.74 Å². The first-order chi connectivity index (χ1) is 14.6. The lowest BCUT2D eigenvalue weighted by atomic mass is 9.92. The van der Waals surface area contributed by atoms with Gasteiger partial charge in [-0.25, -0.2) is 9.97 Å². The van der Waals surface area contributed by atoms with Gasteiger partial charge < -0.3 is 15.0 Å². The second-order valence-corrected chi connectivity index (χ2v) is 8.96. The number of carbonyl (C=O) groups is 2. The summed E-state index contributed by atoms with van der Waals surface area (Å²) in [4.78, 5) is 36.1. The number of amides is 2. The van der Waals surface area contributed by atoms with E-state index in [1.165, 1.54) is 0 Å². The minimum atomic E-state index is 0.0257. The number of para-hydroxylation sites is 2. The van der Waals surface area contributed by atoms with Gasteiger partial charge in [0.2, 0.25) is 17.7 Å². The Bertz CT molecular complexity index is 924. The number of rotatable bonds is 7. The largest absolute Gasteiger partial charge is 0.480 e. The van der Waals surface area contributed by atoms with Crippen LogP contribution in [-0.2, 0) is 16.0 Å². The highest BCUT2D eigenvalue weighted by Crippen LogP contribution is 2.37. The summed E-state index contributed by atoms with van der Waals surface area (Å²) in [5.74, 6) is 1.96. The van der Waals surface area contributed by atoms with Gasteiger partial charge in [0, 0.05) is 32.0 Å². The quantitative estimate of drug-likeness (QED) is 0.728. The van der Waals surface area contributed by atoms with Crippen molar-refractivity contribution < 1.29 is 14.3 Å². The number of carbonyl (C=O) groups excluding carboxylic acids is 2. The molecule has 1 aromatic carbocycles. The highest BCUT2D eigenvalue weighted by atomic mass is 32.2. The van der Waals surface area contributed by atoms with Crippen molar-refractivity contribution in [2.24, 2.45) is 11.8 Å². The number of hydrogen-bond donors (Lipinski definition) is 1. The van der Waals surface area contributed by atoms with Gasteiger partial charge in [0.1, 0.15) is 5.69 Å². The first kappa shape index (κ1) is 20.9. The van der Waals surface area contributed by atoms with Gasteiger partial charge in [-0.1, -0.05) is 12.1 Å². The molecule has 8 heteroatoms. The molecule has 1 unspecified atom stereocenters. The molecule has 30 heavy (non-hydrogen) atoms. The van der Waals surface area contributed by atoms with E-state index in [0.29, 0.717) is 42.0 Å². The Hall–Kier alpha value is -2.35. The minimum Gasteiger partial charge on any atom is -0.480 e. The molecule has 2 aromatic rings. The molecule has 2 amide bonds. The minimum absolute atomic E-state index is 0.0257. The smallest absolute Gasteiger partial charge is 0.235 e. The number of nitrogens with zero attached hydrogens (tertiary/aromatic N) is 3. The summed E-state index contributed by atoms with van der Waals surface area (Å²) in [6.45, 7) is 1.51. The van der Waals surface area contributed by atoms with E-state index in [1.54, 1.807) is 18.9 Å². The van der Waals surface area contributed by atoms with Gasteiger partial charge in [-0.2, -0.15) is 11.8 Å². The standard InChI is InChI=1S/C22H28N4O3S/c1-29-22-18(23-16-5-3-4-6-17(16)24-22)9-10-19(27)25-21-14-7-8-15(21)12-26(11-14)20(28)13-30-2/h3-6,14-15,21H,7-13H2,1-2H3,(H,25,27)/t14-,15+,21?. The first-order valence-corrected chi connectivity index (χ1v) is 11.8. The van der Waals surface area contributed by atoms with Crippen LogP contribution in [0.15, 0.2) is 24.3 Å². The van der Waals surface area contributed by atoms with Crippen LogP contribution in [0.2, 0.25) is 0 Å². The van der Waals surface area contributed by atoms with E-state index in [9.17, 15) is 9.59 Å². The molecule has 0 spiro atoms. The van der Waals surface area contributed by atoms with E-state index >= 15 is 0 Å². The zero-order valence-electron chi connectivity index (χ0n) is 17.5. The van der Waals surface area contributed by atoms with E-state index in [-0.39, 0.29) is 17.9 Å². The Labute approximate surface area is 181 Å². The van der Waals surface area contributed by atoms with Gasteiger partial charge in [0.05, 0.1) is 23.9 Å². The number of aromatic nitrogens is 2. The summed E-state index contributed by atoms with van der Waals surface area (Å²) in [5, 5.41) is 3.25. The van der Waals surface area contributed by atoms with Gasteiger partial charge >= 0.3 is 0 Å². The van der Waals surface area contributed by atoms with Crippen LogP contribution in [0.3, 0.4) is 0 Å². The number of fused-ring (bicyclic) bond motifs is 3. The Morgan fingerprint density at radius 2 is 1.83 bits per heavy atom. The molecular weight excluding hydrogens is 400 g/mol. The van der Waals surface area contributed by atoms with Gasteiger partial charge in [0.25, 0.3) is 0 Å². The SMILES string of the molecule is COc1nc2ccccc2nc1CCC(=O)NC1[C@@H]2CC[C@H]1CN(C(=O)CSC)C2. The van der Waals surface area contributed by atoms with Crippen molar-refractivity contribution in [3.63, 3.8) is 0 Å². The number of benzene rings is 1. The number of ether oxygens (including phenoxy) is 1. The molecule has 2 heterocycles. The fourth-order valence-electron chi connectivity index (χ4n) is 4.71. The highest BCUT2D eigenvalue weighted by Gasteiger charge is 2.43. The Morgan fingerprint density at radius 1 is 1.17 bits per heavy atom. The molecule has 3 atom stereocenters. The van der Waals surface area contributed by atoms with Crippen LogP contribution in [-0.4, -0.2) is 64.9 Å². The van der Waals surface area contributed by atoms with Gasteiger partial charge in [-0.05, 0) is 43.1 Å². The van der Waals surface area contributed by atoms with Crippen molar-refractivity contribution in [3.05, 3.63) is 30.0 Å². The molecule has 1 aliphatic carbocycles. The van der Waals surface area contributed by atoms with Crippen LogP contribution >= 0.6 is 11.8 Å². The zero-order valence-corrected chi connectivity index (χ0v) is 18.3. The van der Waals surface area contributed by atoms with E-state index in [1.807, 2.05) is 35.4 Å². The Morgan fingerprint density at radius 3 is 2.47 bits per heavy atom. The second-order valence-electron chi connectivity index (χ2n) is 8.09. The molecule has 2 bridgehead atoms. The molecule has 2 fully saturated rings. The van der Waals surface area contributed by atoms with Crippen LogP contribution in [0, 0.1) is 11.8 Å². The maximum atomic E-state index is 12.7. The highest BCUT2D eigenvalue weighted by molar-refractivity contribution is 7.99. The van der Waals surface area contributed by atoms with Gasteiger partial charge in [-0.15, -0.1) is 0 Å². The maximum Gasteiger partial charge on any atom is 0.235 e. The predicted molar refractivity (Wildman–Crippen MR) is 118 cm³/mol. The summed E-state index contributed by atoms with van der Waals surface area (Å²) in [6, 6.07) is 7.81. The molecule has 2 aliphatic rings. The summed E-state index contributed by atoms with van der Waals surface area (Å²) >= 11 is 1.56. The molecule has 1 aromatic heterocycles. The van der Waals surface area contributed by atoms with E-state index in [2.05, 4.69) is 15.3 Å². The third-order valence-corrected chi connectivity index (χ3v) is 6.71. The number of methoxy groups -OCH3 is 1. The fraction of sp³-hybridized carbons (Fsp3) is 0.545. The number of piperidine rings is 1. The molecule has 7 nitrogen and oxygen atoms in total. The lowest BCUT2D eigenvalue weighted by molar-refractivity contribution is -0.131. The second kappa shape index (κ2) is 9.20. The van der Waals surface area contributed by atoms with Crippen molar-refractivity contribution in [3.8, 4) is 5.88 Å². The Balaban J connectivity index is 1.36. The lowest BCUT2D eigenvalue weighted by Crippen LogP contribution is -2.54. The number of aryl methyl sites for hydroxylation is 1. The third-order valence-electron chi connectivity index (χ3n) is 6.17. The average molecular weight is 429 g/mol. The third kappa shape index (κ3) is 4.38. The van der Waals surface area contributed by atoms with Crippen molar-refractivity contribution in [2.75, 3.05) is 32.2 Å². The fourth-order valence-corrected chi connectivity index (χ4v) is 5.14. The molecule has 1 saturated carbocycles. The summed E-state index contributed by atoms with van der Waals surface area (Å²) < 4.78 is 5.39. The van der Waals surface area contributed by atoms with Crippen LogP contribution < -0.4 is 10.1 Å². The molecule has 4 rings (SSSR count). The van der Waals surface area contributed by atoms with Crippen LogP contribution in [0.1, 0.15) is 25.0 Å². The van der Waals surface area contributed by atoms with Crippen molar-refractivity contribution in [2.45, 2.75) is 31.7 Å². The molecule has 1 saturated heterocycles. The van der Waals surface area contributed by atoms with Crippen molar-refractivity contribution >= 4 is 34.6 Å². The monoisotopic (exact) mass is 428 g/mol. The van der Waals surface area contributed by atoms with Crippen LogP contribution in [0.4, 0.5) is 0 Å². The zero-order chi connectivity index (χ0) is 21.1. The molecule has 1 aliphatic heterocycles. The number of nitrogens with one attached hydrogen (secondary N) is 1. The van der Waals surface area contributed by atoms with Gasteiger partial charge in [0.15, 0.2) is 0 Å². The van der Waals surface area contributed by atoms with Crippen molar-refractivity contribution in [1.29, 1.82) is 0 Å². The number of likely N-dealkylation sites (tertiary alicyclic amines) is 1. The van der Waals surface area contributed by atoms with Crippen LogP contribution in [0.5, 0.6) is 5.88 Å². The lowest BCUT2D eigenvalue weighted by Gasteiger charge is -2.38. The Kier molecular flexibility index (Phi) is 6.41. The normalized spacial score (nSPS) is 22.9.